The summed E-state index contributed by atoms with van der Waals surface area (Å²) in [6.07, 6.45) is 3.76. The van der Waals surface area contributed by atoms with Crippen molar-refractivity contribution in [1.82, 2.24) is 9.97 Å². The first-order valence-corrected chi connectivity index (χ1v) is 15.8. The zero-order valence-corrected chi connectivity index (χ0v) is 25.7. The van der Waals surface area contributed by atoms with Gasteiger partial charge in [0.05, 0.1) is 11.4 Å². The smallest absolute Gasteiger partial charge is 0.0729 e. The maximum atomic E-state index is 4.84. The predicted molar refractivity (Wildman–Crippen MR) is 196 cm³/mol. The van der Waals surface area contributed by atoms with Gasteiger partial charge in [0.15, 0.2) is 0 Å². The van der Waals surface area contributed by atoms with Crippen LogP contribution in [0.25, 0.3) is 66.7 Å². The van der Waals surface area contributed by atoms with Crippen LogP contribution in [-0.4, -0.2) is 9.97 Å². The van der Waals surface area contributed by atoms with Crippen molar-refractivity contribution in [2.24, 2.45) is 0 Å². The number of anilines is 2. The molecule has 8 aromatic rings. The maximum Gasteiger partial charge on any atom is 0.0729 e. The average Bonchev–Trinajstić information content (AvgIpc) is 3.15. The monoisotopic (exact) mass is 601 g/mol. The molecule has 8 rings (SSSR count). The van der Waals surface area contributed by atoms with Crippen molar-refractivity contribution in [3.8, 4) is 55.9 Å². The normalized spacial score (nSPS) is 11.0. The number of rotatable bonds is 7. The number of fused-ring (bicyclic) bond motifs is 1. The van der Waals surface area contributed by atoms with Crippen LogP contribution in [0.5, 0.6) is 0 Å². The molecule has 0 saturated carbocycles. The second kappa shape index (κ2) is 12.6. The number of nitrogens with zero attached hydrogens (tertiary/aromatic N) is 2. The molecule has 1 N–H and O–H groups in total. The standard InChI is InChI=1S/C44H31N3/c1-2-13-31(14-3-1)34-27-35(29-36(28-34)41-21-10-11-25-45-41)39-18-6-8-22-42(39)47-43-23-9-7-19-40(43)44-30-33(24-26-46-44)38-20-12-16-32-15-4-5-17-37(32)38/h1-30,47H. The summed E-state index contributed by atoms with van der Waals surface area (Å²) in [4.78, 5) is 9.52. The highest BCUT2D eigenvalue weighted by molar-refractivity contribution is 5.97. The van der Waals surface area contributed by atoms with Crippen molar-refractivity contribution in [3.63, 3.8) is 0 Å². The van der Waals surface area contributed by atoms with E-state index in [4.69, 9.17) is 4.98 Å². The summed E-state index contributed by atoms with van der Waals surface area (Å²) in [5, 5.41) is 6.25. The minimum Gasteiger partial charge on any atom is -0.354 e. The van der Waals surface area contributed by atoms with Crippen molar-refractivity contribution in [2.75, 3.05) is 5.32 Å². The van der Waals surface area contributed by atoms with Crippen molar-refractivity contribution < 1.29 is 0 Å². The molecule has 0 unspecified atom stereocenters. The van der Waals surface area contributed by atoms with Crippen LogP contribution in [0.4, 0.5) is 11.4 Å². The van der Waals surface area contributed by atoms with E-state index in [1.54, 1.807) is 0 Å². The molecule has 0 aliphatic rings. The van der Waals surface area contributed by atoms with Gasteiger partial charge in [0.1, 0.15) is 0 Å². The van der Waals surface area contributed by atoms with E-state index in [2.05, 4.69) is 168 Å². The van der Waals surface area contributed by atoms with Crippen molar-refractivity contribution >= 4 is 22.1 Å². The molecule has 47 heavy (non-hydrogen) atoms. The van der Waals surface area contributed by atoms with E-state index in [0.29, 0.717) is 0 Å². The SMILES string of the molecule is c1ccc(-c2cc(-c3ccccn3)cc(-c3ccccc3Nc3ccccc3-c3cc(-c4cccc5ccccc45)ccn3)c2)cc1. The zero-order valence-electron chi connectivity index (χ0n) is 25.7. The van der Waals surface area contributed by atoms with Crippen LogP contribution in [-0.2, 0) is 0 Å². The Kier molecular flexibility index (Phi) is 7.54. The second-order valence-corrected chi connectivity index (χ2v) is 11.6. The Morgan fingerprint density at radius 1 is 0.340 bits per heavy atom. The Hall–Kier alpha value is -6.32. The molecule has 3 nitrogen and oxygen atoms in total. The van der Waals surface area contributed by atoms with E-state index >= 15 is 0 Å². The van der Waals surface area contributed by atoms with Gasteiger partial charge >= 0.3 is 0 Å². The molecule has 3 heteroatoms. The lowest BCUT2D eigenvalue weighted by Crippen LogP contribution is -1.97. The molecule has 0 saturated heterocycles. The molecule has 0 atom stereocenters. The van der Waals surface area contributed by atoms with Gasteiger partial charge in [-0.25, -0.2) is 0 Å². The highest BCUT2D eigenvalue weighted by Gasteiger charge is 2.14. The molecule has 0 amide bonds. The van der Waals surface area contributed by atoms with Gasteiger partial charge in [-0.2, -0.15) is 0 Å². The number of hydrogen-bond acceptors (Lipinski definition) is 3. The average molecular weight is 602 g/mol. The number of benzene rings is 6. The van der Waals surface area contributed by atoms with Gasteiger partial charge in [-0.05, 0) is 93.2 Å². The van der Waals surface area contributed by atoms with Crippen LogP contribution >= 0.6 is 0 Å². The number of hydrogen-bond donors (Lipinski definition) is 1. The third-order valence-electron chi connectivity index (χ3n) is 8.57. The van der Waals surface area contributed by atoms with Crippen LogP contribution in [0.15, 0.2) is 182 Å². The topological polar surface area (TPSA) is 37.8 Å². The van der Waals surface area contributed by atoms with Gasteiger partial charge in [0, 0.05) is 40.5 Å². The first-order valence-electron chi connectivity index (χ1n) is 15.8. The molecule has 6 aromatic carbocycles. The number of nitrogens with one attached hydrogen (secondary N) is 1. The van der Waals surface area contributed by atoms with E-state index in [1.165, 1.54) is 21.9 Å². The lowest BCUT2D eigenvalue weighted by atomic mass is 9.94. The lowest BCUT2D eigenvalue weighted by Gasteiger charge is -2.17. The number of pyridine rings is 2. The molecule has 222 valence electrons. The summed E-state index contributed by atoms with van der Waals surface area (Å²) >= 11 is 0. The zero-order chi connectivity index (χ0) is 31.4. The Balaban J connectivity index is 1.20. The molecule has 0 bridgehead atoms. The van der Waals surface area contributed by atoms with Gasteiger partial charge in [0.25, 0.3) is 0 Å². The largest absolute Gasteiger partial charge is 0.354 e. The summed E-state index contributed by atoms with van der Waals surface area (Å²) < 4.78 is 0. The van der Waals surface area contributed by atoms with Gasteiger partial charge < -0.3 is 5.32 Å². The first-order chi connectivity index (χ1) is 23.3. The summed E-state index contributed by atoms with van der Waals surface area (Å²) in [7, 11) is 0. The minimum atomic E-state index is 0.916. The molecular formula is C44H31N3. The van der Waals surface area contributed by atoms with Gasteiger partial charge in [-0.3, -0.25) is 9.97 Å². The number of aromatic nitrogens is 2. The molecular weight excluding hydrogens is 571 g/mol. The van der Waals surface area contributed by atoms with Crippen molar-refractivity contribution in [2.45, 2.75) is 0 Å². The Morgan fingerprint density at radius 2 is 0.979 bits per heavy atom. The van der Waals surface area contributed by atoms with Crippen molar-refractivity contribution in [1.29, 1.82) is 0 Å². The van der Waals surface area contributed by atoms with E-state index < -0.39 is 0 Å². The van der Waals surface area contributed by atoms with E-state index in [9.17, 15) is 0 Å². The summed E-state index contributed by atoms with van der Waals surface area (Å²) in [6, 6.07) is 59.5. The Morgan fingerprint density at radius 3 is 1.83 bits per heavy atom. The summed E-state index contributed by atoms with van der Waals surface area (Å²) in [5.41, 5.74) is 12.9. The van der Waals surface area contributed by atoms with Gasteiger partial charge in [-0.15, -0.1) is 0 Å². The lowest BCUT2D eigenvalue weighted by molar-refractivity contribution is 1.32. The highest BCUT2D eigenvalue weighted by atomic mass is 14.9. The molecule has 2 aromatic heterocycles. The fourth-order valence-electron chi connectivity index (χ4n) is 6.29. The highest BCUT2D eigenvalue weighted by Crippen LogP contribution is 2.39. The molecule has 0 fully saturated rings. The van der Waals surface area contributed by atoms with Crippen LogP contribution in [0.3, 0.4) is 0 Å². The molecule has 0 aliphatic carbocycles. The first kappa shape index (κ1) is 28.2. The molecule has 2 heterocycles. The maximum absolute atomic E-state index is 4.84. The van der Waals surface area contributed by atoms with Crippen LogP contribution in [0.2, 0.25) is 0 Å². The van der Waals surface area contributed by atoms with Crippen molar-refractivity contribution in [3.05, 3.63) is 182 Å². The van der Waals surface area contributed by atoms with Crippen LogP contribution in [0, 0.1) is 0 Å². The van der Waals surface area contributed by atoms with Crippen LogP contribution in [0.1, 0.15) is 0 Å². The van der Waals surface area contributed by atoms with E-state index in [1.807, 2.05) is 24.5 Å². The predicted octanol–water partition coefficient (Wildman–Crippen LogP) is 11.7. The van der Waals surface area contributed by atoms with Gasteiger partial charge in [0.2, 0.25) is 0 Å². The molecule has 0 radical (unpaired) electrons. The minimum absolute atomic E-state index is 0.916. The third-order valence-corrected chi connectivity index (χ3v) is 8.57. The van der Waals surface area contributed by atoms with E-state index in [-0.39, 0.29) is 0 Å². The fourth-order valence-corrected chi connectivity index (χ4v) is 6.29. The second-order valence-electron chi connectivity index (χ2n) is 11.6. The Labute approximate surface area is 274 Å². The molecule has 0 aliphatic heterocycles. The number of para-hydroxylation sites is 2. The third kappa shape index (κ3) is 5.79. The Bertz CT molecular complexity index is 2270. The molecule has 0 spiro atoms. The van der Waals surface area contributed by atoms with Gasteiger partial charge in [-0.1, -0.05) is 115 Å². The quantitative estimate of drug-likeness (QED) is 0.197. The summed E-state index contributed by atoms with van der Waals surface area (Å²) in [5.74, 6) is 0. The summed E-state index contributed by atoms with van der Waals surface area (Å²) in [6.45, 7) is 0. The fraction of sp³-hybridized carbons (Fsp3) is 0. The van der Waals surface area contributed by atoms with Crippen LogP contribution < -0.4 is 5.32 Å². The van der Waals surface area contributed by atoms with E-state index in [0.717, 1.165) is 56.1 Å².